The number of hydrogen-bond donors (Lipinski definition) is 0. The van der Waals surface area contributed by atoms with Crippen LogP contribution >= 0.6 is 0 Å². The molecule has 16 heteroatoms. The van der Waals surface area contributed by atoms with E-state index in [0.717, 1.165) is 34.1 Å². The molecule has 0 aliphatic carbocycles. The molecule has 6 rings (SSSR count). The Morgan fingerprint density at radius 2 is 0.765 bits per heavy atom. The number of amides is 4. The Bertz CT molecular complexity index is 1950. The smallest absolute Gasteiger partial charge is 0.411 e. The minimum Gasteiger partial charge on any atom is -0.454 e. The van der Waals surface area contributed by atoms with Gasteiger partial charge in [0, 0.05) is 24.3 Å². The van der Waals surface area contributed by atoms with Crippen molar-refractivity contribution in [3.05, 3.63) is 132 Å². The summed E-state index contributed by atoms with van der Waals surface area (Å²) >= 11 is 0. The third-order valence-corrected chi connectivity index (χ3v) is 7.84. The quantitative estimate of drug-likeness (QED) is 0.137. The van der Waals surface area contributed by atoms with Gasteiger partial charge in [0.25, 0.3) is 23.6 Å². The fourth-order valence-corrected chi connectivity index (χ4v) is 5.51. The van der Waals surface area contributed by atoms with Gasteiger partial charge in [-0.05, 0) is 83.9 Å². The lowest BCUT2D eigenvalue weighted by Gasteiger charge is -2.38. The molecular formula is C35H18F8N2O6. The molecule has 260 valence electrons. The molecule has 0 atom stereocenters. The topological polar surface area (TPSA) is 93.2 Å². The minimum atomic E-state index is -6.18. The fourth-order valence-electron chi connectivity index (χ4n) is 5.51. The summed E-state index contributed by atoms with van der Waals surface area (Å²) in [6.45, 7) is 0. The SMILES string of the molecule is O=C1C=CC(=O)N1c1ccc(Oc2ccc(C(c3ccc(Oc4ccc(N5C(=O)C=CC5=O)cc4)c(F)c3)(C(F)(F)F)C(F)(F)F)cc2F)cc1. The van der Waals surface area contributed by atoms with E-state index in [4.69, 9.17) is 9.47 Å². The second-order valence-electron chi connectivity index (χ2n) is 10.9. The Morgan fingerprint density at radius 3 is 1.04 bits per heavy atom. The van der Waals surface area contributed by atoms with E-state index >= 15 is 8.78 Å². The average molecular weight is 715 g/mol. The lowest BCUT2D eigenvalue weighted by Crippen LogP contribution is -2.54. The zero-order valence-electron chi connectivity index (χ0n) is 25.3. The largest absolute Gasteiger partial charge is 0.454 e. The van der Waals surface area contributed by atoms with E-state index < -0.39 is 75.7 Å². The summed E-state index contributed by atoms with van der Waals surface area (Å²) in [5.41, 5.74) is -7.96. The van der Waals surface area contributed by atoms with E-state index in [-0.39, 0.29) is 35.0 Å². The molecule has 2 aliphatic heterocycles. The highest BCUT2D eigenvalue weighted by Gasteiger charge is 2.72. The molecule has 0 spiro atoms. The minimum absolute atomic E-state index is 0.0207. The van der Waals surface area contributed by atoms with Gasteiger partial charge in [0.1, 0.15) is 11.5 Å². The Morgan fingerprint density at radius 1 is 0.451 bits per heavy atom. The maximum absolute atomic E-state index is 15.2. The molecule has 0 bridgehead atoms. The van der Waals surface area contributed by atoms with Crippen molar-refractivity contribution in [1.82, 2.24) is 0 Å². The van der Waals surface area contributed by atoms with Gasteiger partial charge in [-0.2, -0.15) is 26.3 Å². The number of carbonyl (C=O) groups is 4. The number of anilines is 2. The van der Waals surface area contributed by atoms with Crippen molar-refractivity contribution in [2.24, 2.45) is 0 Å². The van der Waals surface area contributed by atoms with E-state index in [9.17, 15) is 45.5 Å². The molecule has 0 aromatic heterocycles. The number of imide groups is 2. The normalized spacial score (nSPS) is 15.0. The molecule has 4 aromatic rings. The molecule has 4 aromatic carbocycles. The predicted molar refractivity (Wildman–Crippen MR) is 162 cm³/mol. The second-order valence-corrected chi connectivity index (χ2v) is 10.9. The number of benzene rings is 4. The maximum Gasteiger partial charge on any atom is 0.411 e. The second kappa shape index (κ2) is 12.5. The maximum atomic E-state index is 15.2. The van der Waals surface area contributed by atoms with E-state index in [1.54, 1.807) is 0 Å². The number of alkyl halides is 6. The zero-order valence-corrected chi connectivity index (χ0v) is 25.3. The summed E-state index contributed by atoms with van der Waals surface area (Å²) in [6, 6.07) is 11.5. The number of halogens is 8. The highest BCUT2D eigenvalue weighted by Crippen LogP contribution is 2.57. The molecule has 0 fully saturated rings. The van der Waals surface area contributed by atoms with Crippen molar-refractivity contribution in [2.75, 3.05) is 9.80 Å². The summed E-state index contributed by atoms with van der Waals surface area (Å²) < 4.78 is 129. The number of rotatable bonds is 8. The van der Waals surface area contributed by atoms with Gasteiger partial charge >= 0.3 is 12.4 Å². The Labute approximate surface area is 281 Å². The summed E-state index contributed by atoms with van der Waals surface area (Å²) in [6.07, 6.45) is -8.23. The van der Waals surface area contributed by atoms with E-state index in [2.05, 4.69) is 0 Å². The predicted octanol–water partition coefficient (Wildman–Crippen LogP) is 7.82. The van der Waals surface area contributed by atoms with Crippen LogP contribution in [0, 0.1) is 11.6 Å². The Balaban J connectivity index is 1.29. The van der Waals surface area contributed by atoms with Crippen LogP contribution in [0.3, 0.4) is 0 Å². The van der Waals surface area contributed by atoms with Crippen LogP contribution in [-0.4, -0.2) is 36.0 Å². The standard InChI is InChI=1S/C35H18F8N2O6/c36-25-17-19(1-11-27(25)50-23-7-3-21(4-8-23)44-29(46)13-14-30(44)47)33(34(38,39)40,35(41,42)43)20-2-12-28(26(37)18-20)51-24-9-5-22(6-10-24)45-31(48)15-16-32(45)49/h1-18H. The van der Waals surface area contributed by atoms with Gasteiger partial charge in [-0.25, -0.2) is 18.6 Å². The van der Waals surface area contributed by atoms with Gasteiger partial charge in [0.05, 0.1) is 11.4 Å². The number of ether oxygens (including phenoxy) is 2. The average Bonchev–Trinajstić information content (AvgIpc) is 3.58. The summed E-state index contributed by atoms with van der Waals surface area (Å²) in [7, 11) is 0. The van der Waals surface area contributed by atoms with Gasteiger partial charge in [-0.1, -0.05) is 12.1 Å². The van der Waals surface area contributed by atoms with Gasteiger partial charge in [-0.3, -0.25) is 19.2 Å². The van der Waals surface area contributed by atoms with Crippen LogP contribution in [-0.2, 0) is 24.6 Å². The van der Waals surface area contributed by atoms with Gasteiger partial charge < -0.3 is 9.47 Å². The van der Waals surface area contributed by atoms with E-state index in [0.29, 0.717) is 24.3 Å². The first-order valence-corrected chi connectivity index (χ1v) is 14.4. The van der Waals surface area contributed by atoms with Crippen molar-refractivity contribution in [3.63, 3.8) is 0 Å². The summed E-state index contributed by atoms with van der Waals surface area (Å²) in [5.74, 6) is -7.59. The van der Waals surface area contributed by atoms with Gasteiger partial charge in [-0.15, -0.1) is 0 Å². The number of carbonyl (C=O) groups excluding carboxylic acids is 4. The molecule has 2 heterocycles. The van der Waals surface area contributed by atoms with E-state index in [1.165, 1.54) is 48.5 Å². The third-order valence-electron chi connectivity index (χ3n) is 7.84. The van der Waals surface area contributed by atoms with Crippen molar-refractivity contribution in [1.29, 1.82) is 0 Å². The van der Waals surface area contributed by atoms with Crippen LogP contribution in [0.2, 0.25) is 0 Å². The highest BCUT2D eigenvalue weighted by molar-refractivity contribution is 6.28. The van der Waals surface area contributed by atoms with Crippen LogP contribution in [0.25, 0.3) is 0 Å². The molecule has 0 radical (unpaired) electrons. The lowest BCUT2D eigenvalue weighted by atomic mass is 9.72. The zero-order chi connectivity index (χ0) is 36.9. The first-order valence-electron chi connectivity index (χ1n) is 14.4. The molecule has 8 nitrogen and oxygen atoms in total. The Kier molecular flexibility index (Phi) is 8.49. The van der Waals surface area contributed by atoms with E-state index in [1.807, 2.05) is 0 Å². The van der Waals surface area contributed by atoms with Crippen molar-refractivity contribution >= 4 is 35.0 Å². The summed E-state index contributed by atoms with van der Waals surface area (Å²) in [4.78, 5) is 49.1. The number of nitrogens with zero attached hydrogens (tertiary/aromatic N) is 2. The van der Waals surface area contributed by atoms with Crippen LogP contribution in [0.4, 0.5) is 46.5 Å². The third kappa shape index (κ3) is 6.08. The monoisotopic (exact) mass is 714 g/mol. The molecular weight excluding hydrogens is 696 g/mol. The first kappa shape index (κ1) is 34.5. The summed E-state index contributed by atoms with van der Waals surface area (Å²) in [5, 5.41) is 0. The molecule has 0 N–H and O–H groups in total. The molecule has 0 saturated heterocycles. The first-order chi connectivity index (χ1) is 24.0. The van der Waals surface area contributed by atoms with Crippen LogP contribution < -0.4 is 19.3 Å². The van der Waals surface area contributed by atoms with Gasteiger partial charge in [0.2, 0.25) is 5.41 Å². The lowest BCUT2D eigenvalue weighted by molar-refractivity contribution is -0.288. The molecule has 0 saturated carbocycles. The van der Waals surface area contributed by atoms with Crippen LogP contribution in [0.1, 0.15) is 11.1 Å². The highest BCUT2D eigenvalue weighted by atomic mass is 19.4. The van der Waals surface area contributed by atoms with Crippen LogP contribution in [0.5, 0.6) is 23.0 Å². The fraction of sp³-hybridized carbons (Fsp3) is 0.0857. The number of hydrogen-bond acceptors (Lipinski definition) is 6. The molecule has 4 amide bonds. The van der Waals surface area contributed by atoms with Crippen molar-refractivity contribution in [2.45, 2.75) is 17.8 Å². The Hall–Kier alpha value is -6.32. The molecule has 2 aliphatic rings. The molecule has 0 unspecified atom stereocenters. The van der Waals surface area contributed by atoms with Crippen LogP contribution in [0.15, 0.2) is 109 Å². The van der Waals surface area contributed by atoms with Crippen molar-refractivity contribution in [3.8, 4) is 23.0 Å². The van der Waals surface area contributed by atoms with Gasteiger partial charge in [0.15, 0.2) is 23.1 Å². The van der Waals surface area contributed by atoms with Crippen molar-refractivity contribution < 1.29 is 63.8 Å². The molecule has 51 heavy (non-hydrogen) atoms.